The van der Waals surface area contributed by atoms with Crippen molar-refractivity contribution in [3.05, 3.63) is 59.2 Å². The molecule has 1 aromatic heterocycles. The number of aromatic nitrogens is 3. The molecule has 3 rings (SSSR count). The Morgan fingerprint density at radius 3 is 2.28 bits per heavy atom. The maximum Gasteiger partial charge on any atom is 0.337 e. The van der Waals surface area contributed by atoms with E-state index < -0.39 is 11.9 Å². The first-order valence-electron chi connectivity index (χ1n) is 7.36. The summed E-state index contributed by atoms with van der Waals surface area (Å²) in [5, 5.41) is 7.89. The monoisotopic (exact) mass is 341 g/mol. The number of hydrogen-bond donors (Lipinski definition) is 0. The van der Waals surface area contributed by atoms with Gasteiger partial charge < -0.3 is 14.3 Å². The predicted molar refractivity (Wildman–Crippen MR) is 86.9 cm³/mol. The summed E-state index contributed by atoms with van der Waals surface area (Å²) in [6.45, 7) is 0.211. The van der Waals surface area contributed by atoms with Gasteiger partial charge in [0.15, 0.2) is 0 Å². The fourth-order valence-corrected chi connectivity index (χ4v) is 2.23. The van der Waals surface area contributed by atoms with Gasteiger partial charge in [0, 0.05) is 0 Å². The van der Waals surface area contributed by atoms with Crippen LogP contribution in [0, 0.1) is 0 Å². The third-order valence-electron chi connectivity index (χ3n) is 3.56. The van der Waals surface area contributed by atoms with E-state index >= 15 is 0 Å². The zero-order valence-electron chi connectivity index (χ0n) is 13.6. The smallest absolute Gasteiger partial charge is 0.337 e. The number of hydrogen-bond acceptors (Lipinski definition) is 7. The van der Waals surface area contributed by atoms with Gasteiger partial charge >= 0.3 is 11.9 Å². The van der Waals surface area contributed by atoms with Gasteiger partial charge in [-0.05, 0) is 41.1 Å². The summed E-state index contributed by atoms with van der Waals surface area (Å²) in [5.74, 6) is -0.849. The molecule has 0 aliphatic heterocycles. The molecule has 0 aliphatic carbocycles. The quantitative estimate of drug-likeness (QED) is 0.651. The summed E-state index contributed by atoms with van der Waals surface area (Å²) in [7, 11) is 2.65. The Morgan fingerprint density at radius 2 is 1.60 bits per heavy atom. The normalized spacial score (nSPS) is 10.5. The Kier molecular flexibility index (Phi) is 4.60. The van der Waals surface area contributed by atoms with Crippen molar-refractivity contribution in [2.45, 2.75) is 6.61 Å². The van der Waals surface area contributed by atoms with E-state index in [1.54, 1.807) is 42.5 Å². The van der Waals surface area contributed by atoms with Crippen LogP contribution < -0.4 is 4.84 Å². The second-order valence-electron chi connectivity index (χ2n) is 5.12. The van der Waals surface area contributed by atoms with E-state index in [2.05, 4.69) is 15.0 Å². The molecule has 0 aliphatic rings. The Hall–Kier alpha value is -3.42. The second-order valence-corrected chi connectivity index (χ2v) is 5.12. The van der Waals surface area contributed by atoms with Crippen molar-refractivity contribution in [2.75, 3.05) is 14.2 Å². The largest absolute Gasteiger partial charge is 0.465 e. The summed E-state index contributed by atoms with van der Waals surface area (Å²) >= 11 is 0. The van der Waals surface area contributed by atoms with E-state index in [1.165, 1.54) is 19.1 Å². The lowest BCUT2D eigenvalue weighted by Gasteiger charge is -2.07. The van der Waals surface area contributed by atoms with Gasteiger partial charge in [0.2, 0.25) is 0 Å². The number of ether oxygens (including phenoxy) is 2. The molecule has 0 amide bonds. The molecule has 0 unspecified atom stereocenters. The molecule has 1 heterocycles. The summed E-state index contributed by atoms with van der Waals surface area (Å²) < 4.78 is 9.36. The summed E-state index contributed by atoms with van der Waals surface area (Å²) in [6.07, 6.45) is 0. The standard InChI is InChI=1S/C17H15N3O5/c1-23-16(21)12-5-3-11(4-6-12)10-25-20-15-9-13(17(22)24-2)7-8-14(15)18-19-20/h3-9H,10H2,1-2H3. The topological polar surface area (TPSA) is 92.5 Å². The Morgan fingerprint density at radius 1 is 0.960 bits per heavy atom. The highest BCUT2D eigenvalue weighted by atomic mass is 16.7. The van der Waals surface area contributed by atoms with Crippen molar-refractivity contribution >= 4 is 23.0 Å². The van der Waals surface area contributed by atoms with Crippen LogP contribution in [0.4, 0.5) is 0 Å². The molecule has 0 bridgehead atoms. The van der Waals surface area contributed by atoms with Crippen LogP contribution in [0.25, 0.3) is 11.0 Å². The highest BCUT2D eigenvalue weighted by Gasteiger charge is 2.11. The van der Waals surface area contributed by atoms with E-state index in [9.17, 15) is 9.59 Å². The van der Waals surface area contributed by atoms with Crippen LogP contribution in [0.15, 0.2) is 42.5 Å². The molecule has 0 saturated heterocycles. The van der Waals surface area contributed by atoms with E-state index in [1.807, 2.05) is 0 Å². The van der Waals surface area contributed by atoms with Crippen molar-refractivity contribution in [1.82, 2.24) is 15.2 Å². The lowest BCUT2D eigenvalue weighted by molar-refractivity contribution is 0.0590. The molecular formula is C17H15N3O5. The zero-order chi connectivity index (χ0) is 17.8. The van der Waals surface area contributed by atoms with Gasteiger partial charge in [0.25, 0.3) is 0 Å². The molecule has 0 N–H and O–H groups in total. The van der Waals surface area contributed by atoms with Crippen LogP contribution in [0.1, 0.15) is 26.3 Å². The van der Waals surface area contributed by atoms with Crippen molar-refractivity contribution in [3.63, 3.8) is 0 Å². The molecule has 3 aromatic rings. The number of esters is 2. The predicted octanol–water partition coefficient (Wildman–Crippen LogP) is 1.63. The minimum atomic E-state index is -0.451. The van der Waals surface area contributed by atoms with Crippen LogP contribution in [0.5, 0.6) is 0 Å². The fourth-order valence-electron chi connectivity index (χ4n) is 2.23. The van der Waals surface area contributed by atoms with Crippen LogP contribution in [0.3, 0.4) is 0 Å². The van der Waals surface area contributed by atoms with Crippen LogP contribution in [-0.4, -0.2) is 41.3 Å². The van der Waals surface area contributed by atoms with Gasteiger partial charge in [-0.1, -0.05) is 17.0 Å². The van der Waals surface area contributed by atoms with Crippen molar-refractivity contribution < 1.29 is 23.9 Å². The molecule has 2 aromatic carbocycles. The molecule has 0 spiro atoms. The number of carbonyl (C=O) groups is 2. The molecule has 0 saturated carbocycles. The van der Waals surface area contributed by atoms with Crippen LogP contribution in [-0.2, 0) is 16.1 Å². The van der Waals surface area contributed by atoms with Crippen LogP contribution in [0.2, 0.25) is 0 Å². The van der Waals surface area contributed by atoms with E-state index in [-0.39, 0.29) is 6.61 Å². The molecule has 0 atom stereocenters. The van der Waals surface area contributed by atoms with Crippen molar-refractivity contribution in [3.8, 4) is 0 Å². The molecule has 0 fully saturated rings. The summed E-state index contributed by atoms with van der Waals surface area (Å²) in [6, 6.07) is 11.7. The van der Waals surface area contributed by atoms with Crippen molar-refractivity contribution in [2.24, 2.45) is 0 Å². The molecule has 8 nitrogen and oxygen atoms in total. The summed E-state index contributed by atoms with van der Waals surface area (Å²) in [5.41, 5.74) is 2.81. The first-order chi connectivity index (χ1) is 12.1. The van der Waals surface area contributed by atoms with E-state index in [4.69, 9.17) is 9.57 Å². The maximum atomic E-state index is 11.6. The molecule has 0 radical (unpaired) electrons. The number of rotatable bonds is 5. The van der Waals surface area contributed by atoms with Gasteiger partial charge in [0.1, 0.15) is 17.6 Å². The highest BCUT2D eigenvalue weighted by Crippen LogP contribution is 2.14. The number of carbonyl (C=O) groups excluding carboxylic acids is 2. The minimum absolute atomic E-state index is 0.211. The SMILES string of the molecule is COC(=O)c1ccc(COn2nnc3ccc(C(=O)OC)cc32)cc1. The zero-order valence-corrected chi connectivity index (χ0v) is 13.6. The minimum Gasteiger partial charge on any atom is -0.465 e. The van der Waals surface area contributed by atoms with Crippen molar-refractivity contribution in [1.29, 1.82) is 0 Å². The van der Waals surface area contributed by atoms with Gasteiger partial charge in [-0.15, -0.1) is 5.10 Å². The lowest BCUT2D eigenvalue weighted by atomic mass is 10.1. The van der Waals surface area contributed by atoms with Gasteiger partial charge in [-0.25, -0.2) is 9.59 Å². The summed E-state index contributed by atoms with van der Waals surface area (Å²) in [4.78, 5) is 29.9. The Bertz CT molecular complexity index is 918. The molecular weight excluding hydrogens is 326 g/mol. The molecule has 25 heavy (non-hydrogen) atoms. The van der Waals surface area contributed by atoms with Gasteiger partial charge in [0.05, 0.1) is 25.3 Å². The first-order valence-corrected chi connectivity index (χ1v) is 7.36. The second kappa shape index (κ2) is 7.00. The van der Waals surface area contributed by atoms with Crippen LogP contribution >= 0.6 is 0 Å². The molecule has 128 valence electrons. The number of benzene rings is 2. The lowest BCUT2D eigenvalue weighted by Crippen LogP contribution is -2.13. The number of nitrogens with zero attached hydrogens (tertiary/aromatic N) is 3. The third-order valence-corrected chi connectivity index (χ3v) is 3.56. The average molecular weight is 341 g/mol. The highest BCUT2D eigenvalue weighted by molar-refractivity contribution is 5.93. The van der Waals surface area contributed by atoms with Gasteiger partial charge in [-0.2, -0.15) is 0 Å². The third kappa shape index (κ3) is 3.42. The number of fused-ring (bicyclic) bond motifs is 1. The fraction of sp³-hybridized carbons (Fsp3) is 0.176. The Labute approximate surface area is 142 Å². The maximum absolute atomic E-state index is 11.6. The Balaban J connectivity index is 1.76. The van der Waals surface area contributed by atoms with E-state index in [0.717, 1.165) is 5.56 Å². The average Bonchev–Trinajstić information content (AvgIpc) is 3.07. The first kappa shape index (κ1) is 16.4. The van der Waals surface area contributed by atoms with E-state index in [0.29, 0.717) is 22.2 Å². The van der Waals surface area contributed by atoms with Gasteiger partial charge in [-0.3, -0.25) is 0 Å². The number of methoxy groups -OCH3 is 2. The molecule has 8 heteroatoms.